The molecular formula is C18H14ClF3N6O2. The van der Waals surface area contributed by atoms with Crippen molar-refractivity contribution in [3.63, 3.8) is 0 Å². The molecule has 4 rings (SSSR count). The van der Waals surface area contributed by atoms with Crippen LogP contribution in [0.4, 0.5) is 18.9 Å². The summed E-state index contributed by atoms with van der Waals surface area (Å²) in [7, 11) is 0. The second-order valence-corrected chi connectivity index (χ2v) is 7.07. The Bertz CT molecular complexity index is 1050. The molecule has 0 atom stereocenters. The van der Waals surface area contributed by atoms with Gasteiger partial charge < -0.3 is 9.84 Å². The summed E-state index contributed by atoms with van der Waals surface area (Å²) < 4.78 is 43.7. The van der Waals surface area contributed by atoms with Gasteiger partial charge in [-0.25, -0.2) is 9.97 Å². The van der Waals surface area contributed by atoms with Crippen molar-refractivity contribution in [1.29, 1.82) is 0 Å². The lowest BCUT2D eigenvalue weighted by atomic mass is 10.0. The van der Waals surface area contributed by atoms with Gasteiger partial charge >= 0.3 is 6.18 Å². The van der Waals surface area contributed by atoms with E-state index < -0.39 is 17.6 Å². The molecule has 0 bridgehead atoms. The number of aromatic nitrogens is 4. The van der Waals surface area contributed by atoms with Crippen LogP contribution in [0, 0.1) is 0 Å². The zero-order chi connectivity index (χ0) is 21.3. The number of halogens is 4. The maximum Gasteiger partial charge on any atom is 0.416 e. The van der Waals surface area contributed by atoms with Crippen molar-refractivity contribution in [3.8, 4) is 11.6 Å². The van der Waals surface area contributed by atoms with Crippen LogP contribution in [0.1, 0.15) is 17.4 Å². The van der Waals surface area contributed by atoms with Gasteiger partial charge in [-0.15, -0.1) is 0 Å². The first kappa shape index (κ1) is 20.2. The molecule has 3 aromatic rings. The Morgan fingerprint density at radius 1 is 1.23 bits per heavy atom. The van der Waals surface area contributed by atoms with E-state index in [0.717, 1.165) is 18.2 Å². The average molecular weight is 439 g/mol. The summed E-state index contributed by atoms with van der Waals surface area (Å²) in [6.45, 7) is 0.966. The monoisotopic (exact) mass is 438 g/mol. The van der Waals surface area contributed by atoms with Gasteiger partial charge in [0.25, 0.3) is 0 Å². The first-order valence-corrected chi connectivity index (χ1v) is 9.17. The molecule has 0 unspecified atom stereocenters. The number of likely N-dealkylation sites (tertiary alicyclic amines) is 1. The predicted octanol–water partition coefficient (Wildman–Crippen LogP) is 3.24. The summed E-state index contributed by atoms with van der Waals surface area (Å²) in [5, 5.41) is 6.30. The molecule has 0 spiro atoms. The van der Waals surface area contributed by atoms with E-state index in [2.05, 4.69) is 25.4 Å². The molecule has 1 aliphatic rings. The lowest BCUT2D eigenvalue weighted by molar-refractivity contribution is -0.137. The van der Waals surface area contributed by atoms with Crippen LogP contribution in [-0.4, -0.2) is 50.5 Å². The van der Waals surface area contributed by atoms with E-state index in [1.807, 2.05) is 0 Å². The summed E-state index contributed by atoms with van der Waals surface area (Å²) in [6, 6.07) is 4.44. The summed E-state index contributed by atoms with van der Waals surface area (Å²) >= 11 is 5.90. The molecule has 0 aliphatic carbocycles. The normalized spacial score (nSPS) is 15.1. The zero-order valence-corrected chi connectivity index (χ0v) is 16.0. The molecule has 156 valence electrons. The fraction of sp³-hybridized carbons (Fsp3) is 0.278. The second kappa shape index (κ2) is 8.00. The zero-order valence-electron chi connectivity index (χ0n) is 15.2. The molecule has 1 saturated heterocycles. The molecule has 2 aromatic heterocycles. The predicted molar refractivity (Wildman–Crippen MR) is 99.6 cm³/mol. The molecule has 1 aromatic carbocycles. The number of nitrogens with one attached hydrogen (secondary N) is 1. The number of carbonyl (C=O) groups excluding carboxylic acids is 1. The minimum absolute atomic E-state index is 0.00807. The maximum absolute atomic E-state index is 12.8. The number of carbonyl (C=O) groups is 1. The van der Waals surface area contributed by atoms with Gasteiger partial charge in [0.15, 0.2) is 0 Å². The van der Waals surface area contributed by atoms with Crippen LogP contribution in [0.3, 0.4) is 0 Å². The number of benzene rings is 1. The van der Waals surface area contributed by atoms with Gasteiger partial charge in [0.2, 0.25) is 23.4 Å². The lowest BCUT2D eigenvalue weighted by Gasteiger charge is -2.36. The van der Waals surface area contributed by atoms with E-state index in [-0.39, 0.29) is 29.0 Å². The van der Waals surface area contributed by atoms with E-state index in [1.165, 1.54) is 0 Å². The molecule has 8 nitrogen and oxygen atoms in total. The van der Waals surface area contributed by atoms with Crippen LogP contribution < -0.4 is 5.32 Å². The van der Waals surface area contributed by atoms with Crippen LogP contribution >= 0.6 is 11.6 Å². The topological polar surface area (TPSA) is 97.0 Å². The Kier molecular flexibility index (Phi) is 5.39. The van der Waals surface area contributed by atoms with Crippen LogP contribution in [-0.2, 0) is 11.0 Å². The second-order valence-electron chi connectivity index (χ2n) is 6.66. The highest BCUT2D eigenvalue weighted by Crippen LogP contribution is 2.34. The first-order chi connectivity index (χ1) is 14.3. The molecular weight excluding hydrogens is 425 g/mol. The van der Waals surface area contributed by atoms with E-state index in [0.29, 0.717) is 24.8 Å². The number of alkyl halides is 3. The highest BCUT2D eigenvalue weighted by molar-refractivity contribution is 6.33. The van der Waals surface area contributed by atoms with Gasteiger partial charge in [0.1, 0.15) is 0 Å². The summed E-state index contributed by atoms with van der Waals surface area (Å²) in [6.07, 6.45) is -1.39. The van der Waals surface area contributed by atoms with Crippen molar-refractivity contribution >= 4 is 23.2 Å². The molecule has 12 heteroatoms. The maximum atomic E-state index is 12.8. The number of anilines is 1. The number of nitrogens with zero attached hydrogens (tertiary/aromatic N) is 5. The van der Waals surface area contributed by atoms with Crippen LogP contribution in [0.2, 0.25) is 5.02 Å². The number of amides is 1. The van der Waals surface area contributed by atoms with Crippen molar-refractivity contribution in [1.82, 2.24) is 25.0 Å². The largest absolute Gasteiger partial charge is 0.416 e. The number of hydrogen-bond acceptors (Lipinski definition) is 7. The standard InChI is InChI=1S/C18H14ClF3N6O2/c19-12-3-2-11(18(20,21)22)6-13(12)25-14(29)9-28-7-10(8-28)17-26-16(27-30-17)15-23-4-1-5-24-15/h1-6,10H,7-9H2,(H,25,29). The highest BCUT2D eigenvalue weighted by Gasteiger charge is 2.34. The number of hydrogen-bond donors (Lipinski definition) is 1. The Balaban J connectivity index is 1.31. The average Bonchev–Trinajstić information content (AvgIpc) is 3.15. The summed E-state index contributed by atoms with van der Waals surface area (Å²) in [5.74, 6) is 0.510. The van der Waals surface area contributed by atoms with Crippen LogP contribution in [0.5, 0.6) is 0 Å². The van der Waals surface area contributed by atoms with Gasteiger partial charge in [-0.3, -0.25) is 9.69 Å². The Labute approximate surface area is 173 Å². The van der Waals surface area contributed by atoms with Crippen molar-refractivity contribution in [2.45, 2.75) is 12.1 Å². The smallest absolute Gasteiger partial charge is 0.338 e. The molecule has 1 N–H and O–H groups in total. The van der Waals surface area contributed by atoms with E-state index in [1.54, 1.807) is 23.4 Å². The van der Waals surface area contributed by atoms with Gasteiger partial charge in [-0.1, -0.05) is 16.8 Å². The molecule has 0 radical (unpaired) electrons. The third-order valence-corrected chi connectivity index (χ3v) is 4.78. The van der Waals surface area contributed by atoms with Crippen LogP contribution in [0.25, 0.3) is 11.6 Å². The van der Waals surface area contributed by atoms with E-state index in [9.17, 15) is 18.0 Å². The first-order valence-electron chi connectivity index (χ1n) is 8.79. The van der Waals surface area contributed by atoms with E-state index in [4.69, 9.17) is 16.1 Å². The van der Waals surface area contributed by atoms with Crippen molar-refractivity contribution < 1.29 is 22.5 Å². The van der Waals surface area contributed by atoms with Crippen LogP contribution in [0.15, 0.2) is 41.2 Å². The Hall–Kier alpha value is -3.05. The van der Waals surface area contributed by atoms with E-state index >= 15 is 0 Å². The van der Waals surface area contributed by atoms with Crippen molar-refractivity contribution in [2.75, 3.05) is 25.0 Å². The third-order valence-electron chi connectivity index (χ3n) is 4.45. The molecule has 0 saturated carbocycles. The van der Waals surface area contributed by atoms with Crippen molar-refractivity contribution in [2.24, 2.45) is 0 Å². The molecule has 1 aliphatic heterocycles. The minimum Gasteiger partial charge on any atom is -0.338 e. The molecule has 30 heavy (non-hydrogen) atoms. The summed E-state index contributed by atoms with van der Waals surface area (Å²) in [4.78, 5) is 26.4. The Morgan fingerprint density at radius 3 is 2.67 bits per heavy atom. The quantitative estimate of drug-likeness (QED) is 0.653. The highest BCUT2D eigenvalue weighted by atomic mass is 35.5. The fourth-order valence-electron chi connectivity index (χ4n) is 2.95. The molecule has 3 heterocycles. The fourth-order valence-corrected chi connectivity index (χ4v) is 3.12. The summed E-state index contributed by atoms with van der Waals surface area (Å²) in [5.41, 5.74) is -0.973. The van der Waals surface area contributed by atoms with Gasteiger partial charge in [0.05, 0.1) is 28.7 Å². The Morgan fingerprint density at radius 2 is 1.97 bits per heavy atom. The van der Waals surface area contributed by atoms with Gasteiger partial charge in [-0.2, -0.15) is 18.2 Å². The van der Waals surface area contributed by atoms with Gasteiger partial charge in [0, 0.05) is 25.5 Å². The molecule has 1 amide bonds. The van der Waals surface area contributed by atoms with Gasteiger partial charge in [-0.05, 0) is 24.3 Å². The molecule has 1 fully saturated rings. The number of rotatable bonds is 5. The SMILES string of the molecule is O=C(CN1CC(c2nc(-c3ncccn3)no2)C1)Nc1cc(C(F)(F)F)ccc1Cl. The third kappa shape index (κ3) is 4.41. The lowest BCUT2D eigenvalue weighted by Crippen LogP contribution is -2.48. The minimum atomic E-state index is -4.53. The van der Waals surface area contributed by atoms with Crippen molar-refractivity contribution in [3.05, 3.63) is 53.1 Å².